The molecule has 0 aliphatic carbocycles. The van der Waals surface area contributed by atoms with Gasteiger partial charge in [-0.1, -0.05) is 11.8 Å². The van der Waals surface area contributed by atoms with E-state index in [2.05, 4.69) is 10.2 Å². The molecule has 0 aliphatic rings. The molecule has 0 fully saturated rings. The highest BCUT2D eigenvalue weighted by atomic mass is 32.2. The van der Waals surface area contributed by atoms with Crippen molar-refractivity contribution < 1.29 is 0 Å². The lowest BCUT2D eigenvalue weighted by molar-refractivity contribution is 0.644. The molecule has 1 aromatic rings. The number of rotatable bonds is 3. The highest BCUT2D eigenvalue weighted by Gasteiger charge is 1.98. The third kappa shape index (κ3) is 1.48. The topological polar surface area (TPSA) is 56.7 Å². The summed E-state index contributed by atoms with van der Waals surface area (Å²) in [6, 6.07) is 0. The summed E-state index contributed by atoms with van der Waals surface area (Å²) < 4.78 is 1.94. The maximum Gasteiger partial charge on any atom is 0.190 e. The maximum absolute atomic E-state index is 5.36. The van der Waals surface area contributed by atoms with E-state index >= 15 is 0 Å². The minimum Gasteiger partial charge on any atom is -0.329 e. The van der Waals surface area contributed by atoms with Gasteiger partial charge in [-0.15, -0.1) is 10.2 Å². The Kier molecular flexibility index (Phi) is 2.70. The molecule has 0 saturated heterocycles. The van der Waals surface area contributed by atoms with Crippen molar-refractivity contribution in [3.05, 3.63) is 6.33 Å². The predicted octanol–water partition coefficient (Wildman–Crippen LogP) is -0.0413. The zero-order valence-corrected chi connectivity index (χ0v) is 6.64. The van der Waals surface area contributed by atoms with Gasteiger partial charge in [-0.25, -0.2) is 0 Å². The van der Waals surface area contributed by atoms with E-state index in [4.69, 9.17) is 5.73 Å². The smallest absolute Gasteiger partial charge is 0.190 e. The second-order valence-corrected chi connectivity index (χ2v) is 2.57. The van der Waals surface area contributed by atoms with Crippen molar-refractivity contribution in [3.63, 3.8) is 0 Å². The average Bonchev–Trinajstić information content (AvgIpc) is 2.36. The van der Waals surface area contributed by atoms with Crippen molar-refractivity contribution in [2.75, 3.05) is 12.8 Å². The Morgan fingerprint density at radius 3 is 3.20 bits per heavy atom. The molecule has 5 heteroatoms. The van der Waals surface area contributed by atoms with Crippen molar-refractivity contribution in [1.29, 1.82) is 0 Å². The lowest BCUT2D eigenvalue weighted by atomic mass is 10.6. The molecule has 1 rings (SSSR count). The number of nitrogens with zero attached hydrogens (tertiary/aromatic N) is 3. The van der Waals surface area contributed by atoms with Gasteiger partial charge in [-0.05, 0) is 6.26 Å². The minimum atomic E-state index is 0.631. The van der Waals surface area contributed by atoms with Gasteiger partial charge in [0.1, 0.15) is 6.33 Å². The Morgan fingerprint density at radius 2 is 2.60 bits per heavy atom. The van der Waals surface area contributed by atoms with E-state index in [1.165, 1.54) is 0 Å². The highest BCUT2D eigenvalue weighted by Crippen LogP contribution is 2.08. The minimum absolute atomic E-state index is 0.631. The lowest BCUT2D eigenvalue weighted by Crippen LogP contribution is -2.09. The number of thioether (sulfide) groups is 1. The quantitative estimate of drug-likeness (QED) is 0.627. The molecule has 0 unspecified atom stereocenters. The molecule has 2 N–H and O–H groups in total. The van der Waals surface area contributed by atoms with E-state index in [0.717, 1.165) is 11.7 Å². The standard InChI is InChI=1S/C5H10N4S/c1-10-5-8-7-4-9(5)3-2-6/h4H,2-3,6H2,1H3. The maximum atomic E-state index is 5.36. The molecule has 56 valence electrons. The van der Waals surface area contributed by atoms with Gasteiger partial charge >= 0.3 is 0 Å². The molecule has 0 radical (unpaired) electrons. The summed E-state index contributed by atoms with van der Waals surface area (Å²) in [7, 11) is 0. The Balaban J connectivity index is 2.70. The van der Waals surface area contributed by atoms with Crippen molar-refractivity contribution in [1.82, 2.24) is 14.8 Å². The van der Waals surface area contributed by atoms with Crippen LogP contribution in [0, 0.1) is 0 Å². The molecule has 0 amide bonds. The monoisotopic (exact) mass is 158 g/mol. The van der Waals surface area contributed by atoms with Crippen molar-refractivity contribution in [3.8, 4) is 0 Å². The summed E-state index contributed by atoms with van der Waals surface area (Å²) in [4.78, 5) is 0. The van der Waals surface area contributed by atoms with Gasteiger partial charge in [-0.2, -0.15) is 0 Å². The number of aromatic nitrogens is 3. The van der Waals surface area contributed by atoms with Crippen molar-refractivity contribution >= 4 is 11.8 Å². The van der Waals surface area contributed by atoms with Crippen LogP contribution < -0.4 is 5.73 Å². The summed E-state index contributed by atoms with van der Waals surface area (Å²) in [6.07, 6.45) is 3.66. The lowest BCUT2D eigenvalue weighted by Gasteiger charge is -1.99. The van der Waals surface area contributed by atoms with Crippen LogP contribution in [0.1, 0.15) is 0 Å². The van der Waals surface area contributed by atoms with Gasteiger partial charge in [0.15, 0.2) is 5.16 Å². The average molecular weight is 158 g/mol. The van der Waals surface area contributed by atoms with Gasteiger partial charge in [0.25, 0.3) is 0 Å². The zero-order valence-electron chi connectivity index (χ0n) is 5.82. The van der Waals surface area contributed by atoms with Gasteiger partial charge in [0.2, 0.25) is 0 Å². The van der Waals surface area contributed by atoms with Crippen LogP contribution in [0.2, 0.25) is 0 Å². The summed E-state index contributed by atoms with van der Waals surface area (Å²) in [5.41, 5.74) is 5.36. The van der Waals surface area contributed by atoms with E-state index in [-0.39, 0.29) is 0 Å². The van der Waals surface area contributed by atoms with Crippen molar-refractivity contribution in [2.24, 2.45) is 5.73 Å². The second kappa shape index (κ2) is 3.58. The SMILES string of the molecule is CSc1nncn1CCN. The summed E-state index contributed by atoms with van der Waals surface area (Å²) in [6.45, 7) is 1.43. The van der Waals surface area contributed by atoms with Gasteiger partial charge in [0, 0.05) is 13.1 Å². The molecule has 0 bridgehead atoms. The molecular weight excluding hydrogens is 148 g/mol. The second-order valence-electron chi connectivity index (χ2n) is 1.80. The van der Waals surface area contributed by atoms with Gasteiger partial charge in [0.05, 0.1) is 0 Å². The first-order valence-corrected chi connectivity index (χ1v) is 4.23. The van der Waals surface area contributed by atoms with Crippen molar-refractivity contribution in [2.45, 2.75) is 11.7 Å². The van der Waals surface area contributed by atoms with Crippen LogP contribution in [0.5, 0.6) is 0 Å². The third-order valence-electron chi connectivity index (χ3n) is 1.13. The molecule has 10 heavy (non-hydrogen) atoms. The van der Waals surface area contributed by atoms with E-state index in [1.54, 1.807) is 18.1 Å². The van der Waals surface area contributed by atoms with E-state index < -0.39 is 0 Å². The number of hydrogen-bond acceptors (Lipinski definition) is 4. The van der Waals surface area contributed by atoms with Gasteiger partial charge in [-0.3, -0.25) is 0 Å². The molecule has 0 atom stereocenters. The molecule has 4 nitrogen and oxygen atoms in total. The van der Waals surface area contributed by atoms with Crippen LogP contribution >= 0.6 is 11.8 Å². The summed E-state index contributed by atoms with van der Waals surface area (Å²) in [5, 5.41) is 8.54. The number of nitrogens with two attached hydrogens (primary N) is 1. The number of hydrogen-bond donors (Lipinski definition) is 1. The fourth-order valence-electron chi connectivity index (χ4n) is 0.695. The molecule has 0 spiro atoms. The first-order chi connectivity index (χ1) is 4.88. The molecule has 0 aliphatic heterocycles. The Labute approximate surface area is 63.8 Å². The van der Waals surface area contributed by atoms with Crippen LogP contribution in [0.3, 0.4) is 0 Å². The zero-order chi connectivity index (χ0) is 7.40. The Morgan fingerprint density at radius 1 is 1.80 bits per heavy atom. The van der Waals surface area contributed by atoms with Crippen LogP contribution in [0.4, 0.5) is 0 Å². The molecule has 1 heterocycles. The molecule has 0 aromatic carbocycles. The Bertz CT molecular complexity index is 197. The molecular formula is C5H10N4S. The largest absolute Gasteiger partial charge is 0.329 e. The first kappa shape index (κ1) is 7.56. The van der Waals surface area contributed by atoms with E-state index in [1.807, 2.05) is 10.8 Å². The molecule has 0 saturated carbocycles. The first-order valence-electron chi connectivity index (χ1n) is 3.00. The fourth-order valence-corrected chi connectivity index (χ4v) is 1.20. The third-order valence-corrected chi connectivity index (χ3v) is 1.81. The van der Waals surface area contributed by atoms with E-state index in [9.17, 15) is 0 Å². The highest BCUT2D eigenvalue weighted by molar-refractivity contribution is 7.98. The fraction of sp³-hybridized carbons (Fsp3) is 0.600. The van der Waals surface area contributed by atoms with Crippen LogP contribution in [-0.4, -0.2) is 27.6 Å². The normalized spacial score (nSPS) is 10.2. The van der Waals surface area contributed by atoms with Crippen LogP contribution in [0.15, 0.2) is 11.5 Å². The summed E-state index contributed by atoms with van der Waals surface area (Å²) in [5.74, 6) is 0. The molecule has 1 aromatic heterocycles. The van der Waals surface area contributed by atoms with Crippen LogP contribution in [0.25, 0.3) is 0 Å². The Hall–Kier alpha value is -0.550. The van der Waals surface area contributed by atoms with Gasteiger partial charge < -0.3 is 10.3 Å². The van der Waals surface area contributed by atoms with E-state index in [0.29, 0.717) is 6.54 Å². The summed E-state index contributed by atoms with van der Waals surface area (Å²) >= 11 is 1.58. The predicted molar refractivity (Wildman–Crippen MR) is 40.9 cm³/mol. The van der Waals surface area contributed by atoms with Crippen LogP contribution in [-0.2, 0) is 6.54 Å².